The molecule has 0 atom stereocenters. The van der Waals surface area contributed by atoms with Gasteiger partial charge in [0.2, 0.25) is 0 Å². The Balaban J connectivity index is 1.80. The van der Waals surface area contributed by atoms with Crippen LogP contribution in [0.25, 0.3) is 10.8 Å². The number of anilines is 2. The van der Waals surface area contributed by atoms with Gasteiger partial charge in [-0.2, -0.15) is 0 Å². The zero-order chi connectivity index (χ0) is 21.9. The minimum absolute atomic E-state index is 0.0619. The van der Waals surface area contributed by atoms with Gasteiger partial charge in [-0.1, -0.05) is 23.9 Å². The topological polar surface area (TPSA) is 83.5 Å². The van der Waals surface area contributed by atoms with E-state index >= 15 is 0 Å². The van der Waals surface area contributed by atoms with Gasteiger partial charge >= 0.3 is 0 Å². The van der Waals surface area contributed by atoms with Crippen LogP contribution in [-0.2, 0) is 14.8 Å². The molecule has 0 unspecified atom stereocenters. The lowest BCUT2D eigenvalue weighted by Gasteiger charge is -2.14. The molecule has 0 aliphatic heterocycles. The summed E-state index contributed by atoms with van der Waals surface area (Å²) in [6, 6.07) is 17.0. The van der Waals surface area contributed by atoms with E-state index in [1.165, 1.54) is 19.1 Å². The first-order valence-electron chi connectivity index (χ1n) is 9.16. The summed E-state index contributed by atoms with van der Waals surface area (Å²) in [5.74, 6) is -0.122. The Morgan fingerprint density at radius 3 is 2.23 bits per heavy atom. The molecule has 30 heavy (non-hydrogen) atoms. The molecule has 0 fully saturated rings. The molecule has 6 nitrogen and oxygen atoms in total. The van der Waals surface area contributed by atoms with Crippen LogP contribution in [0.2, 0.25) is 0 Å². The quantitative estimate of drug-likeness (QED) is 0.553. The maximum Gasteiger partial charge on any atom is 0.261 e. The maximum absolute atomic E-state index is 12.8. The molecule has 0 saturated heterocycles. The van der Waals surface area contributed by atoms with E-state index in [4.69, 9.17) is 0 Å². The van der Waals surface area contributed by atoms with Crippen molar-refractivity contribution in [1.82, 2.24) is 0 Å². The number of thioether (sulfide) groups is 1. The first-order valence-corrected chi connectivity index (χ1v) is 11.6. The Morgan fingerprint density at radius 2 is 1.60 bits per heavy atom. The van der Waals surface area contributed by atoms with E-state index in [0.717, 1.165) is 28.2 Å². The number of sulfonamides is 1. The van der Waals surface area contributed by atoms with Crippen molar-refractivity contribution in [3.63, 3.8) is 0 Å². The van der Waals surface area contributed by atoms with E-state index in [9.17, 15) is 18.0 Å². The highest BCUT2D eigenvalue weighted by Gasteiger charge is 2.16. The molecule has 0 bridgehead atoms. The van der Waals surface area contributed by atoms with Crippen LogP contribution in [0.15, 0.2) is 65.6 Å². The van der Waals surface area contributed by atoms with E-state index in [2.05, 4.69) is 4.72 Å². The lowest BCUT2D eigenvalue weighted by molar-refractivity contribution is -0.109. The summed E-state index contributed by atoms with van der Waals surface area (Å²) in [5.41, 5.74) is 1.76. The van der Waals surface area contributed by atoms with Crippen molar-refractivity contribution < 1.29 is 18.0 Å². The van der Waals surface area contributed by atoms with Crippen LogP contribution >= 0.6 is 11.8 Å². The summed E-state index contributed by atoms with van der Waals surface area (Å²) >= 11 is 0.946. The molecule has 3 rings (SSSR count). The van der Waals surface area contributed by atoms with Crippen molar-refractivity contribution in [3.8, 4) is 0 Å². The number of carbonyl (C=O) groups is 2. The van der Waals surface area contributed by atoms with E-state index in [1.54, 1.807) is 30.3 Å². The van der Waals surface area contributed by atoms with Crippen molar-refractivity contribution in [3.05, 3.63) is 66.2 Å². The summed E-state index contributed by atoms with van der Waals surface area (Å²) in [4.78, 5) is 25.2. The number of hydrogen-bond donors (Lipinski definition) is 1. The van der Waals surface area contributed by atoms with Crippen molar-refractivity contribution in [2.75, 3.05) is 29.5 Å². The molecule has 8 heteroatoms. The summed E-state index contributed by atoms with van der Waals surface area (Å²) in [6.45, 7) is 1.41. The van der Waals surface area contributed by atoms with Gasteiger partial charge in [0.1, 0.15) is 0 Å². The number of Topliss-reactive ketones (excluding diaryl/α,β-unsaturated/α-hetero) is 1. The highest BCUT2D eigenvalue weighted by molar-refractivity contribution is 8.14. The fraction of sp³-hybridized carbons (Fsp3) is 0.182. The van der Waals surface area contributed by atoms with E-state index in [1.807, 2.05) is 37.2 Å². The van der Waals surface area contributed by atoms with Gasteiger partial charge in [0, 0.05) is 38.0 Å². The van der Waals surface area contributed by atoms with E-state index in [-0.39, 0.29) is 21.5 Å². The van der Waals surface area contributed by atoms with Crippen LogP contribution in [0.5, 0.6) is 0 Å². The number of ketones is 1. The van der Waals surface area contributed by atoms with Crippen molar-refractivity contribution >= 4 is 54.8 Å². The predicted octanol–water partition coefficient (Wildman–Crippen LogP) is 4.17. The average molecular weight is 443 g/mol. The van der Waals surface area contributed by atoms with Gasteiger partial charge < -0.3 is 4.90 Å². The third-order valence-electron chi connectivity index (χ3n) is 4.49. The van der Waals surface area contributed by atoms with Crippen LogP contribution < -0.4 is 9.62 Å². The minimum atomic E-state index is -3.79. The number of benzene rings is 3. The zero-order valence-corrected chi connectivity index (χ0v) is 18.5. The van der Waals surface area contributed by atoms with Crippen LogP contribution in [0.1, 0.15) is 17.3 Å². The Kier molecular flexibility index (Phi) is 6.48. The van der Waals surface area contributed by atoms with Crippen molar-refractivity contribution in [2.24, 2.45) is 0 Å². The standard InChI is InChI=1S/C22H22N2O4S2/c1-15(25)29-14-22(26)17-4-8-19(9-5-17)23-30(27,28)21-11-7-16-6-10-20(24(2)3)12-18(16)13-21/h4-13,23H,14H2,1-3H3. The smallest absolute Gasteiger partial charge is 0.261 e. The molecular weight excluding hydrogens is 420 g/mol. The monoisotopic (exact) mass is 442 g/mol. The largest absolute Gasteiger partial charge is 0.378 e. The van der Waals surface area contributed by atoms with Gasteiger partial charge in [-0.3, -0.25) is 14.3 Å². The van der Waals surface area contributed by atoms with Gasteiger partial charge in [-0.25, -0.2) is 8.42 Å². The zero-order valence-electron chi connectivity index (χ0n) is 16.9. The maximum atomic E-state index is 12.8. The second-order valence-electron chi connectivity index (χ2n) is 6.97. The molecule has 0 amide bonds. The predicted molar refractivity (Wildman–Crippen MR) is 123 cm³/mol. The van der Waals surface area contributed by atoms with Crippen LogP contribution in [0.4, 0.5) is 11.4 Å². The Morgan fingerprint density at radius 1 is 0.933 bits per heavy atom. The minimum Gasteiger partial charge on any atom is -0.378 e. The molecule has 0 radical (unpaired) electrons. The number of hydrogen-bond acceptors (Lipinski definition) is 6. The van der Waals surface area contributed by atoms with Crippen LogP contribution in [0.3, 0.4) is 0 Å². The molecule has 1 N–H and O–H groups in total. The van der Waals surface area contributed by atoms with Gasteiger partial charge in [0.15, 0.2) is 10.9 Å². The number of rotatable bonds is 7. The summed E-state index contributed by atoms with van der Waals surface area (Å²) in [7, 11) is 0.0645. The van der Waals surface area contributed by atoms with Crippen LogP contribution in [-0.4, -0.2) is 39.2 Å². The molecule has 0 aromatic heterocycles. The number of nitrogens with zero attached hydrogens (tertiary/aromatic N) is 1. The molecule has 0 aliphatic carbocycles. The fourth-order valence-corrected chi connectivity index (χ4v) is 4.44. The summed E-state index contributed by atoms with van der Waals surface area (Å²) < 4.78 is 28.2. The first-order chi connectivity index (χ1) is 14.2. The molecule has 0 spiro atoms. The molecule has 3 aromatic carbocycles. The highest BCUT2D eigenvalue weighted by Crippen LogP contribution is 2.25. The molecular formula is C22H22N2O4S2. The lowest BCUT2D eigenvalue weighted by atomic mass is 10.1. The van der Waals surface area contributed by atoms with Crippen LogP contribution in [0, 0.1) is 0 Å². The van der Waals surface area contributed by atoms with Crippen molar-refractivity contribution in [2.45, 2.75) is 11.8 Å². The average Bonchev–Trinajstić information content (AvgIpc) is 2.71. The van der Waals surface area contributed by atoms with Gasteiger partial charge in [0.25, 0.3) is 10.0 Å². The first kappa shape index (κ1) is 21.9. The normalized spacial score (nSPS) is 11.3. The molecule has 3 aromatic rings. The third kappa shape index (κ3) is 5.20. The van der Waals surface area contributed by atoms with Gasteiger partial charge in [0.05, 0.1) is 10.6 Å². The molecule has 0 heterocycles. The SMILES string of the molecule is CC(=O)SCC(=O)c1ccc(NS(=O)(=O)c2ccc3ccc(N(C)C)cc3c2)cc1. The van der Waals surface area contributed by atoms with Crippen molar-refractivity contribution in [1.29, 1.82) is 0 Å². The molecule has 0 aliphatic rings. The van der Waals surface area contributed by atoms with Gasteiger partial charge in [-0.05, 0) is 59.3 Å². The Hall–Kier alpha value is -2.84. The Bertz CT molecular complexity index is 1200. The lowest BCUT2D eigenvalue weighted by Crippen LogP contribution is -2.13. The highest BCUT2D eigenvalue weighted by atomic mass is 32.2. The van der Waals surface area contributed by atoms with Gasteiger partial charge in [-0.15, -0.1) is 0 Å². The number of nitrogens with one attached hydrogen (secondary N) is 1. The van der Waals surface area contributed by atoms with E-state index < -0.39 is 10.0 Å². The van der Waals surface area contributed by atoms with E-state index in [0.29, 0.717) is 11.3 Å². The fourth-order valence-electron chi connectivity index (χ4n) is 2.85. The second kappa shape index (κ2) is 8.89. The second-order valence-corrected chi connectivity index (χ2v) is 9.81. The summed E-state index contributed by atoms with van der Waals surface area (Å²) in [6.07, 6.45) is 0. The summed E-state index contributed by atoms with van der Waals surface area (Å²) in [5, 5.41) is 1.65. The Labute approximate surface area is 180 Å². The molecule has 156 valence electrons. The molecule has 0 saturated carbocycles. The number of fused-ring (bicyclic) bond motifs is 1. The third-order valence-corrected chi connectivity index (χ3v) is 6.68. The number of carbonyl (C=O) groups excluding carboxylic acids is 2.